The summed E-state index contributed by atoms with van der Waals surface area (Å²) in [6.07, 6.45) is 2.71. The van der Waals surface area contributed by atoms with E-state index in [0.717, 1.165) is 24.8 Å². The van der Waals surface area contributed by atoms with Crippen LogP contribution in [-0.4, -0.2) is 33.8 Å². The number of benzene rings is 2. The lowest BCUT2D eigenvalue weighted by Gasteiger charge is -2.26. The van der Waals surface area contributed by atoms with Crippen LogP contribution in [-0.2, 0) is 11.2 Å². The summed E-state index contributed by atoms with van der Waals surface area (Å²) >= 11 is 1.35. The van der Waals surface area contributed by atoms with Gasteiger partial charge in [0.1, 0.15) is 0 Å². The third-order valence-corrected chi connectivity index (χ3v) is 5.59. The molecule has 27 heavy (non-hydrogen) atoms. The van der Waals surface area contributed by atoms with Crippen LogP contribution in [0.4, 0.5) is 0 Å². The molecule has 4 rings (SSSR count). The average molecular weight is 382 g/mol. The molecule has 2 atom stereocenters. The van der Waals surface area contributed by atoms with Gasteiger partial charge in [-0.25, -0.2) is 0 Å². The van der Waals surface area contributed by atoms with E-state index in [-0.39, 0.29) is 6.10 Å². The van der Waals surface area contributed by atoms with Crippen LogP contribution in [0.3, 0.4) is 0 Å². The second kappa shape index (κ2) is 8.69. The fourth-order valence-electron chi connectivity index (χ4n) is 3.29. The third kappa shape index (κ3) is 4.58. The summed E-state index contributed by atoms with van der Waals surface area (Å²) in [5, 5.41) is 18.8. The first kappa shape index (κ1) is 18.2. The first-order chi connectivity index (χ1) is 13.3. The highest BCUT2D eigenvalue weighted by molar-refractivity contribution is 7.99. The Kier molecular flexibility index (Phi) is 5.87. The quantitative estimate of drug-likeness (QED) is 0.615. The van der Waals surface area contributed by atoms with E-state index in [0.29, 0.717) is 23.5 Å². The topological polar surface area (TPSA) is 68.4 Å². The lowest BCUT2D eigenvalue weighted by atomic mass is 9.89. The third-order valence-electron chi connectivity index (χ3n) is 4.63. The minimum absolute atomic E-state index is 0.0719. The number of thioether (sulfide) groups is 1. The number of aromatic nitrogens is 2. The second-order valence-electron chi connectivity index (χ2n) is 6.62. The van der Waals surface area contributed by atoms with Gasteiger partial charge >= 0.3 is 0 Å². The molecule has 0 unspecified atom stereocenters. The van der Waals surface area contributed by atoms with Crippen LogP contribution in [0.15, 0.2) is 64.2 Å². The van der Waals surface area contributed by atoms with E-state index in [9.17, 15) is 5.11 Å². The second-order valence-corrected chi connectivity index (χ2v) is 7.59. The molecule has 0 fully saturated rings. The van der Waals surface area contributed by atoms with Crippen molar-refractivity contribution in [2.75, 3.05) is 12.4 Å². The van der Waals surface area contributed by atoms with Crippen LogP contribution >= 0.6 is 11.8 Å². The van der Waals surface area contributed by atoms with Gasteiger partial charge in [0, 0.05) is 11.3 Å². The van der Waals surface area contributed by atoms with Gasteiger partial charge in [0.25, 0.3) is 5.22 Å². The van der Waals surface area contributed by atoms with E-state index < -0.39 is 6.10 Å². The summed E-state index contributed by atoms with van der Waals surface area (Å²) in [5.41, 5.74) is 3.50. The van der Waals surface area contributed by atoms with Gasteiger partial charge in [0.15, 0.2) is 0 Å². The normalized spacial score (nSPS) is 17.4. The average Bonchev–Trinajstić information content (AvgIpc) is 3.20. The summed E-state index contributed by atoms with van der Waals surface area (Å²) in [7, 11) is 0. The predicted octanol–water partition coefficient (Wildman–Crippen LogP) is 4.28. The minimum Gasteiger partial charge on any atom is -0.411 e. The van der Waals surface area contributed by atoms with Gasteiger partial charge in [-0.2, -0.15) is 0 Å². The molecule has 0 aliphatic heterocycles. The van der Waals surface area contributed by atoms with Crippen LogP contribution in [0.2, 0.25) is 0 Å². The zero-order valence-corrected chi connectivity index (χ0v) is 15.8. The zero-order chi connectivity index (χ0) is 18.5. The molecule has 6 heteroatoms. The molecule has 1 aliphatic carbocycles. The Bertz CT molecular complexity index is 869. The van der Waals surface area contributed by atoms with Crippen molar-refractivity contribution in [3.8, 4) is 11.5 Å². The Labute approximate surface area is 162 Å². The van der Waals surface area contributed by atoms with Crippen LogP contribution in [0, 0.1) is 0 Å². The van der Waals surface area contributed by atoms with Gasteiger partial charge in [0.05, 0.1) is 18.8 Å². The highest BCUT2D eigenvalue weighted by atomic mass is 32.2. The van der Waals surface area contributed by atoms with Crippen molar-refractivity contribution >= 4 is 11.8 Å². The maximum atomic E-state index is 10.3. The highest BCUT2D eigenvalue weighted by Gasteiger charge is 2.21. The molecule has 5 nitrogen and oxygen atoms in total. The van der Waals surface area contributed by atoms with E-state index in [1.807, 2.05) is 36.4 Å². The number of fused-ring (bicyclic) bond motifs is 1. The summed E-state index contributed by atoms with van der Waals surface area (Å²) in [6, 6.07) is 18.1. The Hall–Kier alpha value is -2.15. The van der Waals surface area contributed by atoms with Gasteiger partial charge in [-0.15, -0.1) is 10.2 Å². The molecule has 0 spiro atoms. The van der Waals surface area contributed by atoms with Gasteiger partial charge in [-0.1, -0.05) is 54.2 Å². The van der Waals surface area contributed by atoms with Crippen LogP contribution in [0.25, 0.3) is 11.5 Å². The number of aliphatic hydroxyl groups excluding tert-OH is 1. The molecule has 1 aliphatic rings. The van der Waals surface area contributed by atoms with E-state index in [1.54, 1.807) is 0 Å². The van der Waals surface area contributed by atoms with Crippen molar-refractivity contribution in [3.63, 3.8) is 0 Å². The molecule has 0 saturated heterocycles. The standard InChI is InChI=1S/C21H22N2O3S/c24-17(13-25-19-12-6-10-15-7-4-5-11-18(15)19)14-27-21-23-22-20(26-21)16-8-2-1-3-9-16/h1-5,7-9,11,17,19,24H,6,10,12-14H2/t17-,19-/m1/s1. The first-order valence-corrected chi connectivity index (χ1v) is 10.2. The van der Waals surface area contributed by atoms with E-state index >= 15 is 0 Å². The number of hydrogen-bond acceptors (Lipinski definition) is 6. The van der Waals surface area contributed by atoms with E-state index in [1.165, 1.54) is 22.9 Å². The molecule has 140 valence electrons. The zero-order valence-electron chi connectivity index (χ0n) is 15.0. The lowest BCUT2D eigenvalue weighted by Crippen LogP contribution is -2.22. The van der Waals surface area contributed by atoms with Crippen molar-refractivity contribution in [1.82, 2.24) is 10.2 Å². The van der Waals surface area contributed by atoms with Crippen molar-refractivity contribution in [2.24, 2.45) is 0 Å². The van der Waals surface area contributed by atoms with Crippen LogP contribution in [0.1, 0.15) is 30.1 Å². The Morgan fingerprint density at radius 3 is 2.81 bits per heavy atom. The molecule has 1 aromatic heterocycles. The monoisotopic (exact) mass is 382 g/mol. The lowest BCUT2D eigenvalue weighted by molar-refractivity contribution is -0.00963. The number of hydrogen-bond donors (Lipinski definition) is 1. The van der Waals surface area contributed by atoms with Gasteiger partial charge in [-0.3, -0.25) is 0 Å². The molecule has 0 bridgehead atoms. The minimum atomic E-state index is -0.587. The van der Waals surface area contributed by atoms with Crippen molar-refractivity contribution in [2.45, 2.75) is 36.7 Å². The number of nitrogens with zero attached hydrogens (tertiary/aromatic N) is 2. The van der Waals surface area contributed by atoms with Crippen molar-refractivity contribution in [1.29, 1.82) is 0 Å². The maximum absolute atomic E-state index is 10.3. The number of aryl methyl sites for hydroxylation is 1. The highest BCUT2D eigenvalue weighted by Crippen LogP contribution is 2.32. The fraction of sp³-hybridized carbons (Fsp3) is 0.333. The van der Waals surface area contributed by atoms with E-state index in [2.05, 4.69) is 28.4 Å². The summed E-state index contributed by atoms with van der Waals surface area (Å²) in [5.74, 6) is 0.938. The van der Waals surface area contributed by atoms with Gasteiger partial charge in [0.2, 0.25) is 5.89 Å². The smallest absolute Gasteiger partial charge is 0.276 e. The summed E-state index contributed by atoms with van der Waals surface area (Å²) < 4.78 is 11.7. The molecular formula is C21H22N2O3S. The first-order valence-electron chi connectivity index (χ1n) is 9.19. The largest absolute Gasteiger partial charge is 0.411 e. The number of aliphatic hydroxyl groups is 1. The molecule has 0 saturated carbocycles. The molecule has 0 amide bonds. The molecule has 0 radical (unpaired) electrons. The predicted molar refractivity (Wildman–Crippen MR) is 105 cm³/mol. The van der Waals surface area contributed by atoms with Crippen molar-refractivity contribution < 1.29 is 14.3 Å². The van der Waals surface area contributed by atoms with Gasteiger partial charge in [-0.05, 0) is 42.5 Å². The fourth-order valence-corrected chi connectivity index (χ4v) is 3.96. The van der Waals surface area contributed by atoms with Crippen molar-refractivity contribution in [3.05, 3.63) is 65.7 Å². The Balaban J connectivity index is 1.27. The maximum Gasteiger partial charge on any atom is 0.276 e. The molecule has 1 N–H and O–H groups in total. The number of ether oxygens (including phenoxy) is 1. The SMILES string of the molecule is O[C@H](CO[C@@H]1CCCc2ccccc21)CSc1nnc(-c2ccccc2)o1. The van der Waals surface area contributed by atoms with Gasteiger partial charge < -0.3 is 14.3 Å². The molecule has 1 heterocycles. The van der Waals surface area contributed by atoms with Crippen LogP contribution in [0.5, 0.6) is 0 Å². The number of rotatable bonds is 7. The van der Waals surface area contributed by atoms with Crippen LogP contribution < -0.4 is 0 Å². The summed E-state index contributed by atoms with van der Waals surface area (Å²) in [6.45, 7) is 0.297. The Morgan fingerprint density at radius 2 is 1.93 bits per heavy atom. The molecular weight excluding hydrogens is 360 g/mol. The van der Waals surface area contributed by atoms with E-state index in [4.69, 9.17) is 9.15 Å². The molecule has 3 aromatic rings. The Morgan fingerprint density at radius 1 is 1.11 bits per heavy atom. The summed E-state index contributed by atoms with van der Waals surface area (Å²) in [4.78, 5) is 0. The molecule has 2 aromatic carbocycles.